The third-order valence-electron chi connectivity index (χ3n) is 15.4. The standard InChI is InChI=1S/C44H64Si2/c1-2-18-35(19-3-1)34-44(46(39-26-10-11-27-39,40-28-12-13-29-40)41-30-14-15-31-41)42-32-16-17-33-43(42)45(36-20-4-5-21-36,37-22-6-7-23-37)38-24-8-9-25-38/h1-3,16-19,32-34,36-41H,4-15,20-31H2/b44-34+. The minimum absolute atomic E-state index is 1.02. The largest absolute Gasteiger partial charge is 0.0966 e. The summed E-state index contributed by atoms with van der Waals surface area (Å²) in [5.74, 6) is 0. The summed E-state index contributed by atoms with van der Waals surface area (Å²) in [5, 5.41) is 4.06. The molecule has 0 nitrogen and oxygen atoms in total. The molecular formula is C44H64Si2. The Morgan fingerprint density at radius 2 is 0.761 bits per heavy atom. The molecule has 0 N–H and O–H groups in total. The molecule has 0 aliphatic heterocycles. The normalized spacial score (nSPS) is 25.5. The molecule has 0 spiro atoms. The minimum atomic E-state index is -1.89. The predicted octanol–water partition coefficient (Wildman–Crippen LogP) is 13.5. The highest BCUT2D eigenvalue weighted by Gasteiger charge is 2.60. The van der Waals surface area contributed by atoms with Gasteiger partial charge in [-0.3, -0.25) is 0 Å². The Labute approximate surface area is 284 Å². The topological polar surface area (TPSA) is 0 Å². The minimum Gasteiger partial charge on any atom is -0.0624 e. The first-order valence-corrected chi connectivity index (χ1v) is 25.2. The molecule has 6 aliphatic carbocycles. The van der Waals surface area contributed by atoms with Crippen molar-refractivity contribution in [2.24, 2.45) is 0 Å². The lowest BCUT2D eigenvalue weighted by Gasteiger charge is -2.52. The zero-order valence-corrected chi connectivity index (χ0v) is 31.2. The number of hydrogen-bond acceptors (Lipinski definition) is 0. The van der Waals surface area contributed by atoms with Crippen molar-refractivity contribution in [3.05, 3.63) is 65.7 Å². The van der Waals surface area contributed by atoms with Crippen molar-refractivity contribution in [3.8, 4) is 0 Å². The Bertz CT molecular complexity index is 1210. The summed E-state index contributed by atoms with van der Waals surface area (Å²) in [7, 11) is -3.71. The van der Waals surface area contributed by atoms with Gasteiger partial charge in [-0.15, -0.1) is 0 Å². The third kappa shape index (κ3) is 5.52. The van der Waals surface area contributed by atoms with Crippen LogP contribution >= 0.6 is 0 Å². The second-order valence-corrected chi connectivity index (χ2v) is 27.0. The molecular weight excluding hydrogens is 585 g/mol. The SMILES string of the molecule is C(=C(/c1ccccc1[Si](C1CCCC1)(C1CCCC1)C1CCCC1)[Si](C1CCCC1)(C1CCCC1)C1CCCC1)/c1ccccc1. The van der Waals surface area contributed by atoms with Gasteiger partial charge in [-0.1, -0.05) is 225 Å². The maximum absolute atomic E-state index is 2.91. The highest BCUT2D eigenvalue weighted by Crippen LogP contribution is 2.65. The fourth-order valence-electron chi connectivity index (χ4n) is 14.0. The molecule has 0 saturated heterocycles. The molecule has 2 heteroatoms. The summed E-state index contributed by atoms with van der Waals surface area (Å²) in [6.07, 6.45) is 39.6. The van der Waals surface area contributed by atoms with Crippen LogP contribution in [0, 0.1) is 0 Å². The number of hydrogen-bond donors (Lipinski definition) is 0. The Kier molecular flexibility index (Phi) is 9.85. The van der Waals surface area contributed by atoms with Gasteiger partial charge in [-0.25, -0.2) is 0 Å². The van der Waals surface area contributed by atoms with Crippen LogP contribution in [0.15, 0.2) is 54.6 Å². The highest BCUT2D eigenvalue weighted by molar-refractivity contribution is 7.02. The zero-order valence-electron chi connectivity index (χ0n) is 29.2. The smallest absolute Gasteiger partial charge is 0.0624 e. The molecule has 6 fully saturated rings. The Hall–Kier alpha value is -1.39. The predicted molar refractivity (Wildman–Crippen MR) is 205 cm³/mol. The molecule has 6 saturated carbocycles. The van der Waals surface area contributed by atoms with Gasteiger partial charge in [0.25, 0.3) is 0 Å². The van der Waals surface area contributed by atoms with Crippen molar-refractivity contribution in [1.29, 1.82) is 0 Å². The first-order chi connectivity index (χ1) is 22.8. The van der Waals surface area contributed by atoms with Crippen LogP contribution in [0.25, 0.3) is 11.3 Å². The van der Waals surface area contributed by atoms with Crippen molar-refractivity contribution in [3.63, 3.8) is 0 Å². The van der Waals surface area contributed by atoms with E-state index in [2.05, 4.69) is 60.7 Å². The van der Waals surface area contributed by atoms with Crippen molar-refractivity contribution < 1.29 is 0 Å². The Morgan fingerprint density at radius 3 is 1.17 bits per heavy atom. The molecule has 8 rings (SSSR count). The molecule has 248 valence electrons. The first kappa shape index (κ1) is 31.9. The van der Waals surface area contributed by atoms with Crippen LogP contribution < -0.4 is 5.19 Å². The fraction of sp³-hybridized carbons (Fsp3) is 0.682. The lowest BCUT2D eigenvalue weighted by Crippen LogP contribution is -2.60. The maximum atomic E-state index is 2.91. The third-order valence-corrected chi connectivity index (χ3v) is 29.7. The van der Waals surface area contributed by atoms with Gasteiger partial charge in [0.2, 0.25) is 0 Å². The summed E-state index contributed by atoms with van der Waals surface area (Å²) < 4.78 is 0. The molecule has 0 radical (unpaired) electrons. The van der Waals surface area contributed by atoms with E-state index in [1.807, 2.05) is 15.9 Å². The molecule has 0 amide bonds. The number of benzene rings is 2. The summed E-state index contributed by atoms with van der Waals surface area (Å²) in [6.45, 7) is 0. The van der Waals surface area contributed by atoms with E-state index in [0.717, 1.165) is 33.2 Å². The Morgan fingerprint density at radius 1 is 0.413 bits per heavy atom. The van der Waals surface area contributed by atoms with Crippen molar-refractivity contribution >= 4 is 32.6 Å². The van der Waals surface area contributed by atoms with E-state index in [0.29, 0.717) is 0 Å². The van der Waals surface area contributed by atoms with E-state index in [1.165, 1.54) is 82.6 Å². The molecule has 0 atom stereocenters. The molecule has 0 bridgehead atoms. The van der Waals surface area contributed by atoms with Crippen molar-refractivity contribution in [2.45, 2.75) is 187 Å². The van der Waals surface area contributed by atoms with Gasteiger partial charge in [-0.2, -0.15) is 0 Å². The van der Waals surface area contributed by atoms with Crippen molar-refractivity contribution in [1.82, 2.24) is 0 Å². The quantitative estimate of drug-likeness (QED) is 0.178. The molecule has 0 unspecified atom stereocenters. The van der Waals surface area contributed by atoms with E-state index in [1.54, 1.807) is 77.0 Å². The summed E-state index contributed by atoms with van der Waals surface area (Å²) in [6, 6.07) is 22.5. The van der Waals surface area contributed by atoms with Gasteiger partial charge >= 0.3 is 0 Å². The van der Waals surface area contributed by atoms with Crippen LogP contribution in [0.1, 0.15) is 165 Å². The van der Waals surface area contributed by atoms with Gasteiger partial charge < -0.3 is 0 Å². The van der Waals surface area contributed by atoms with Crippen LogP contribution in [0.2, 0.25) is 33.2 Å². The van der Waals surface area contributed by atoms with Crippen LogP contribution in [0.3, 0.4) is 0 Å². The van der Waals surface area contributed by atoms with E-state index in [9.17, 15) is 0 Å². The molecule has 0 heterocycles. The molecule has 6 aliphatic rings. The molecule has 0 aromatic heterocycles. The summed E-state index contributed by atoms with van der Waals surface area (Å²) in [5.41, 5.74) is 9.55. The van der Waals surface area contributed by atoms with E-state index >= 15 is 0 Å². The van der Waals surface area contributed by atoms with Gasteiger partial charge in [-0.05, 0) is 44.4 Å². The number of rotatable bonds is 10. The molecule has 2 aromatic carbocycles. The first-order valence-electron chi connectivity index (χ1n) is 20.7. The van der Waals surface area contributed by atoms with Crippen LogP contribution in [-0.2, 0) is 0 Å². The van der Waals surface area contributed by atoms with Gasteiger partial charge in [0.1, 0.15) is 0 Å². The van der Waals surface area contributed by atoms with Gasteiger partial charge in [0.05, 0.1) is 16.1 Å². The lowest BCUT2D eigenvalue weighted by molar-refractivity contribution is 0.686. The fourth-order valence-corrected chi connectivity index (χ4v) is 31.1. The molecule has 2 aromatic rings. The van der Waals surface area contributed by atoms with Crippen LogP contribution in [-0.4, -0.2) is 16.1 Å². The van der Waals surface area contributed by atoms with Crippen molar-refractivity contribution in [2.75, 3.05) is 0 Å². The Balaban J connectivity index is 1.41. The maximum Gasteiger partial charge on any atom is 0.0966 e. The van der Waals surface area contributed by atoms with E-state index in [-0.39, 0.29) is 0 Å². The van der Waals surface area contributed by atoms with Crippen LogP contribution in [0.5, 0.6) is 0 Å². The second-order valence-electron chi connectivity index (χ2n) is 17.3. The average molecular weight is 649 g/mol. The highest BCUT2D eigenvalue weighted by atomic mass is 28.3. The van der Waals surface area contributed by atoms with E-state index < -0.39 is 16.1 Å². The van der Waals surface area contributed by atoms with Crippen LogP contribution in [0.4, 0.5) is 0 Å². The van der Waals surface area contributed by atoms with E-state index in [4.69, 9.17) is 0 Å². The lowest BCUT2D eigenvalue weighted by atomic mass is 10.1. The zero-order chi connectivity index (χ0) is 30.8. The second kappa shape index (κ2) is 14.2. The summed E-state index contributed by atoms with van der Waals surface area (Å²) in [4.78, 5) is 0. The van der Waals surface area contributed by atoms with Gasteiger partial charge in [0, 0.05) is 0 Å². The monoisotopic (exact) mass is 648 g/mol. The summed E-state index contributed by atoms with van der Waals surface area (Å²) >= 11 is 0. The van der Waals surface area contributed by atoms with Gasteiger partial charge in [0.15, 0.2) is 0 Å². The molecule has 46 heavy (non-hydrogen) atoms. The average Bonchev–Trinajstić information content (AvgIpc) is 3.94.